The Hall–Kier alpha value is -1.31. The highest BCUT2D eigenvalue weighted by Crippen LogP contribution is 2.13. The first-order valence-electron chi connectivity index (χ1n) is 6.46. The third-order valence-electron chi connectivity index (χ3n) is 3.04. The fourth-order valence-corrected chi connectivity index (χ4v) is 1.80. The van der Waals surface area contributed by atoms with Crippen molar-refractivity contribution < 1.29 is 4.79 Å². The lowest BCUT2D eigenvalue weighted by atomic mass is 10.0. The molecule has 0 radical (unpaired) electrons. The van der Waals surface area contributed by atoms with Crippen molar-refractivity contribution in [3.05, 3.63) is 34.9 Å². The van der Waals surface area contributed by atoms with E-state index in [4.69, 9.17) is 0 Å². The highest BCUT2D eigenvalue weighted by Gasteiger charge is 2.08. The minimum atomic E-state index is 0.0504. The summed E-state index contributed by atoms with van der Waals surface area (Å²) in [5.41, 5.74) is 3.91. The van der Waals surface area contributed by atoms with Gasteiger partial charge < -0.3 is 5.32 Å². The van der Waals surface area contributed by atoms with E-state index in [-0.39, 0.29) is 11.8 Å². The maximum atomic E-state index is 11.6. The topological polar surface area (TPSA) is 29.1 Å². The van der Waals surface area contributed by atoms with Gasteiger partial charge in [-0.2, -0.15) is 0 Å². The van der Waals surface area contributed by atoms with Gasteiger partial charge in [-0.05, 0) is 29.5 Å². The Balaban J connectivity index is 2.77. The van der Waals surface area contributed by atoms with Crippen LogP contribution in [0.1, 0.15) is 44.4 Å². The molecule has 94 valence electrons. The molecule has 1 aromatic rings. The molecule has 1 amide bonds. The molecule has 0 bridgehead atoms. The van der Waals surface area contributed by atoms with E-state index in [1.807, 2.05) is 13.8 Å². The summed E-state index contributed by atoms with van der Waals surface area (Å²) >= 11 is 0. The fourth-order valence-electron chi connectivity index (χ4n) is 1.80. The molecule has 0 heterocycles. The van der Waals surface area contributed by atoms with Gasteiger partial charge in [0.05, 0.1) is 0 Å². The second kappa shape index (κ2) is 6.43. The summed E-state index contributed by atoms with van der Waals surface area (Å²) in [6.07, 6.45) is 2.05. The van der Waals surface area contributed by atoms with Gasteiger partial charge >= 0.3 is 0 Å². The molecule has 0 fully saturated rings. The number of carbonyl (C=O) groups is 1. The second-order valence-corrected chi connectivity index (χ2v) is 4.68. The molecule has 17 heavy (non-hydrogen) atoms. The van der Waals surface area contributed by atoms with Crippen LogP contribution < -0.4 is 5.32 Å². The van der Waals surface area contributed by atoms with Crippen molar-refractivity contribution in [3.8, 4) is 0 Å². The smallest absolute Gasteiger partial charge is 0.222 e. The van der Waals surface area contributed by atoms with Crippen LogP contribution in [0.5, 0.6) is 0 Å². The van der Waals surface area contributed by atoms with E-state index in [0.29, 0.717) is 6.54 Å². The maximum absolute atomic E-state index is 11.6. The molecular formula is C15H23NO. The van der Waals surface area contributed by atoms with Crippen LogP contribution in [-0.4, -0.2) is 5.91 Å². The summed E-state index contributed by atoms with van der Waals surface area (Å²) in [4.78, 5) is 11.6. The van der Waals surface area contributed by atoms with Crippen molar-refractivity contribution in [2.75, 3.05) is 0 Å². The number of hydrogen-bond acceptors (Lipinski definition) is 1. The molecular weight excluding hydrogens is 210 g/mol. The summed E-state index contributed by atoms with van der Waals surface area (Å²) in [6.45, 7) is 8.78. The predicted octanol–water partition coefficient (Wildman–Crippen LogP) is 3.08. The van der Waals surface area contributed by atoms with Crippen LogP contribution in [-0.2, 0) is 24.2 Å². The van der Waals surface area contributed by atoms with E-state index in [1.165, 1.54) is 16.7 Å². The van der Waals surface area contributed by atoms with Gasteiger partial charge in [0.1, 0.15) is 0 Å². The zero-order valence-electron chi connectivity index (χ0n) is 11.3. The van der Waals surface area contributed by atoms with E-state index in [1.54, 1.807) is 0 Å². The lowest BCUT2D eigenvalue weighted by Crippen LogP contribution is -2.27. The lowest BCUT2D eigenvalue weighted by Gasteiger charge is -2.12. The molecule has 0 atom stereocenters. The molecule has 0 saturated heterocycles. The largest absolute Gasteiger partial charge is 0.352 e. The van der Waals surface area contributed by atoms with E-state index < -0.39 is 0 Å². The van der Waals surface area contributed by atoms with Gasteiger partial charge in [0.25, 0.3) is 0 Å². The number of hydrogen-bond donors (Lipinski definition) is 1. The first-order valence-corrected chi connectivity index (χ1v) is 6.46. The van der Waals surface area contributed by atoms with Crippen LogP contribution in [0.25, 0.3) is 0 Å². The van der Waals surface area contributed by atoms with Gasteiger partial charge in [-0.1, -0.05) is 45.9 Å². The normalized spacial score (nSPS) is 10.6. The Labute approximate surface area is 104 Å². The number of benzene rings is 1. The highest BCUT2D eigenvalue weighted by atomic mass is 16.1. The summed E-state index contributed by atoms with van der Waals surface area (Å²) < 4.78 is 0. The number of rotatable bonds is 5. The van der Waals surface area contributed by atoms with Crippen molar-refractivity contribution in [2.45, 2.75) is 47.1 Å². The van der Waals surface area contributed by atoms with Crippen LogP contribution in [0.4, 0.5) is 0 Å². The van der Waals surface area contributed by atoms with Gasteiger partial charge in [0.15, 0.2) is 0 Å². The quantitative estimate of drug-likeness (QED) is 0.832. The molecule has 0 aliphatic rings. The van der Waals surface area contributed by atoms with Crippen molar-refractivity contribution in [1.82, 2.24) is 5.32 Å². The fraction of sp³-hybridized carbons (Fsp3) is 0.533. The Morgan fingerprint density at radius 2 is 1.88 bits per heavy atom. The molecule has 1 N–H and O–H groups in total. The Bertz CT molecular complexity index is 383. The zero-order valence-corrected chi connectivity index (χ0v) is 11.3. The number of carbonyl (C=O) groups excluding carboxylic acids is 1. The molecule has 0 aliphatic heterocycles. The van der Waals surface area contributed by atoms with E-state index in [9.17, 15) is 4.79 Å². The lowest BCUT2D eigenvalue weighted by molar-refractivity contribution is -0.124. The van der Waals surface area contributed by atoms with Gasteiger partial charge in [-0.15, -0.1) is 0 Å². The van der Waals surface area contributed by atoms with Crippen molar-refractivity contribution in [1.29, 1.82) is 0 Å². The monoisotopic (exact) mass is 233 g/mol. The molecule has 2 heteroatoms. The van der Waals surface area contributed by atoms with Crippen LogP contribution in [0.2, 0.25) is 0 Å². The van der Waals surface area contributed by atoms with Crippen molar-refractivity contribution >= 4 is 5.91 Å². The van der Waals surface area contributed by atoms with Crippen LogP contribution in [0, 0.1) is 5.92 Å². The maximum Gasteiger partial charge on any atom is 0.222 e. The molecule has 1 aromatic carbocycles. The van der Waals surface area contributed by atoms with Crippen molar-refractivity contribution in [2.24, 2.45) is 5.92 Å². The average Bonchev–Trinajstić information content (AvgIpc) is 2.35. The Kier molecular flexibility index (Phi) is 5.20. The number of aryl methyl sites for hydroxylation is 2. The highest BCUT2D eigenvalue weighted by molar-refractivity contribution is 5.77. The first kappa shape index (κ1) is 13.8. The van der Waals surface area contributed by atoms with E-state index >= 15 is 0 Å². The summed E-state index contributed by atoms with van der Waals surface area (Å²) in [7, 11) is 0. The molecule has 0 unspecified atom stereocenters. The van der Waals surface area contributed by atoms with E-state index in [2.05, 4.69) is 37.4 Å². The molecule has 2 nitrogen and oxygen atoms in total. The summed E-state index contributed by atoms with van der Waals surface area (Å²) in [5.74, 6) is 0.170. The van der Waals surface area contributed by atoms with Gasteiger partial charge in [0.2, 0.25) is 5.91 Å². The first-order chi connectivity index (χ1) is 8.08. The predicted molar refractivity (Wildman–Crippen MR) is 71.9 cm³/mol. The van der Waals surface area contributed by atoms with Gasteiger partial charge in [-0.3, -0.25) is 4.79 Å². The summed E-state index contributed by atoms with van der Waals surface area (Å²) in [5, 5.41) is 2.99. The minimum Gasteiger partial charge on any atom is -0.352 e. The van der Waals surface area contributed by atoms with Crippen LogP contribution >= 0.6 is 0 Å². The minimum absolute atomic E-state index is 0.0504. The Morgan fingerprint density at radius 1 is 1.18 bits per heavy atom. The number of nitrogens with one attached hydrogen (secondary N) is 1. The molecule has 0 aliphatic carbocycles. The van der Waals surface area contributed by atoms with Gasteiger partial charge in [0, 0.05) is 12.5 Å². The summed E-state index contributed by atoms with van der Waals surface area (Å²) in [6, 6.07) is 6.56. The third kappa shape index (κ3) is 3.88. The molecule has 1 rings (SSSR count). The van der Waals surface area contributed by atoms with Crippen LogP contribution in [0.15, 0.2) is 18.2 Å². The molecule has 0 spiro atoms. The third-order valence-corrected chi connectivity index (χ3v) is 3.04. The SMILES string of the molecule is CCc1ccc(CC)c(CNC(=O)C(C)C)c1. The molecule has 0 saturated carbocycles. The zero-order chi connectivity index (χ0) is 12.8. The standard InChI is InChI=1S/C15H23NO/c1-5-12-7-8-13(6-2)14(9-12)10-16-15(17)11(3)4/h7-9,11H,5-6,10H2,1-4H3,(H,16,17). The van der Waals surface area contributed by atoms with E-state index in [0.717, 1.165) is 12.8 Å². The average molecular weight is 233 g/mol. The molecule has 0 aromatic heterocycles. The Morgan fingerprint density at radius 3 is 2.41 bits per heavy atom. The van der Waals surface area contributed by atoms with Crippen LogP contribution in [0.3, 0.4) is 0 Å². The van der Waals surface area contributed by atoms with Gasteiger partial charge in [-0.25, -0.2) is 0 Å². The second-order valence-electron chi connectivity index (χ2n) is 4.68. The number of amides is 1. The van der Waals surface area contributed by atoms with Crippen molar-refractivity contribution in [3.63, 3.8) is 0 Å².